The quantitative estimate of drug-likeness (QED) is 0.273. The molecule has 204 valence electrons. The molecule has 1 atom stereocenters. The number of carbonyl (C=O) groups excluding carboxylic acids is 1. The van der Waals surface area contributed by atoms with Crippen molar-refractivity contribution < 1.29 is 19.0 Å². The van der Waals surface area contributed by atoms with Crippen LogP contribution >= 0.6 is 34.5 Å². The SMILES string of the molecule is CCOC(=O)C1=C(c2ccccc2)N=c2s/c(=C\c3cc(Cl)c(OC)c(OC)c3)c(=O)n2[C@H]1c1ccc(Cl)cc1. The second-order valence-electron chi connectivity index (χ2n) is 8.72. The summed E-state index contributed by atoms with van der Waals surface area (Å²) in [5.41, 5.74) is 2.46. The van der Waals surface area contributed by atoms with E-state index < -0.39 is 12.0 Å². The first-order valence-corrected chi connectivity index (χ1v) is 13.9. The van der Waals surface area contributed by atoms with Crippen molar-refractivity contribution in [2.24, 2.45) is 4.99 Å². The van der Waals surface area contributed by atoms with Crippen LogP contribution in [0.4, 0.5) is 0 Å². The topological polar surface area (TPSA) is 79.1 Å². The molecule has 1 aliphatic heterocycles. The van der Waals surface area contributed by atoms with Crippen LogP contribution in [-0.4, -0.2) is 31.4 Å². The zero-order valence-corrected chi connectivity index (χ0v) is 24.1. The lowest BCUT2D eigenvalue weighted by atomic mass is 9.93. The molecule has 0 fully saturated rings. The number of aromatic nitrogens is 1. The summed E-state index contributed by atoms with van der Waals surface area (Å²) in [6.45, 7) is 1.91. The van der Waals surface area contributed by atoms with E-state index in [1.165, 1.54) is 30.1 Å². The number of hydrogen-bond acceptors (Lipinski definition) is 7. The third kappa shape index (κ3) is 5.18. The maximum atomic E-state index is 14.0. The summed E-state index contributed by atoms with van der Waals surface area (Å²) >= 11 is 13.8. The van der Waals surface area contributed by atoms with Crippen molar-refractivity contribution in [1.82, 2.24) is 4.57 Å². The highest BCUT2D eigenvalue weighted by Gasteiger charge is 2.35. The number of fused-ring (bicyclic) bond motifs is 1. The zero-order chi connectivity index (χ0) is 28.4. The normalized spacial score (nSPS) is 14.9. The van der Waals surface area contributed by atoms with Crippen LogP contribution in [0.1, 0.15) is 29.7 Å². The van der Waals surface area contributed by atoms with E-state index in [-0.39, 0.29) is 17.7 Å². The van der Waals surface area contributed by atoms with Gasteiger partial charge < -0.3 is 14.2 Å². The van der Waals surface area contributed by atoms with Gasteiger partial charge in [-0.15, -0.1) is 0 Å². The third-order valence-corrected chi connectivity index (χ3v) is 7.83. The van der Waals surface area contributed by atoms with Gasteiger partial charge >= 0.3 is 5.97 Å². The smallest absolute Gasteiger partial charge is 0.338 e. The van der Waals surface area contributed by atoms with Crippen LogP contribution in [0.25, 0.3) is 11.8 Å². The number of halogens is 2. The van der Waals surface area contributed by atoms with Crippen LogP contribution in [0.2, 0.25) is 10.0 Å². The number of benzene rings is 3. The summed E-state index contributed by atoms with van der Waals surface area (Å²) < 4.78 is 18.2. The Balaban J connectivity index is 1.81. The number of hydrogen-bond donors (Lipinski definition) is 0. The lowest BCUT2D eigenvalue weighted by Gasteiger charge is -2.25. The van der Waals surface area contributed by atoms with Crippen LogP contribution in [0, 0.1) is 0 Å². The predicted molar refractivity (Wildman–Crippen MR) is 157 cm³/mol. The van der Waals surface area contributed by atoms with Crippen LogP contribution in [0.15, 0.2) is 82.1 Å². The molecule has 10 heteroatoms. The average Bonchev–Trinajstić information content (AvgIpc) is 3.27. The molecule has 5 rings (SSSR count). The van der Waals surface area contributed by atoms with Gasteiger partial charge in [-0.3, -0.25) is 9.36 Å². The van der Waals surface area contributed by atoms with Gasteiger partial charge in [-0.05, 0) is 48.4 Å². The molecular formula is C30H24Cl2N2O5S. The minimum absolute atomic E-state index is 0.169. The largest absolute Gasteiger partial charge is 0.493 e. The van der Waals surface area contributed by atoms with Gasteiger partial charge in [0.25, 0.3) is 5.56 Å². The summed E-state index contributed by atoms with van der Waals surface area (Å²) in [6, 6.07) is 19.0. The van der Waals surface area contributed by atoms with Crippen LogP contribution < -0.4 is 24.4 Å². The van der Waals surface area contributed by atoms with Crippen molar-refractivity contribution >= 4 is 52.3 Å². The molecule has 40 heavy (non-hydrogen) atoms. The molecule has 7 nitrogen and oxygen atoms in total. The lowest BCUT2D eigenvalue weighted by Crippen LogP contribution is -2.40. The van der Waals surface area contributed by atoms with Crippen molar-refractivity contribution in [2.45, 2.75) is 13.0 Å². The Labute approximate surface area is 244 Å². The predicted octanol–water partition coefficient (Wildman–Crippen LogP) is 5.26. The number of rotatable bonds is 7. The maximum Gasteiger partial charge on any atom is 0.338 e. The number of esters is 1. The van der Waals surface area contributed by atoms with E-state index >= 15 is 0 Å². The molecule has 0 amide bonds. The molecular weight excluding hydrogens is 571 g/mol. The minimum Gasteiger partial charge on any atom is -0.493 e. The Morgan fingerprint density at radius 1 is 1.05 bits per heavy atom. The molecule has 0 unspecified atom stereocenters. The Bertz CT molecular complexity index is 1790. The van der Waals surface area contributed by atoms with Gasteiger partial charge in [0.15, 0.2) is 16.3 Å². The Morgan fingerprint density at radius 2 is 1.77 bits per heavy atom. The third-order valence-electron chi connectivity index (χ3n) is 6.31. The molecule has 0 N–H and O–H groups in total. The van der Waals surface area contributed by atoms with Gasteiger partial charge in [-0.2, -0.15) is 0 Å². The van der Waals surface area contributed by atoms with E-state index in [2.05, 4.69) is 0 Å². The molecule has 4 aromatic rings. The first-order chi connectivity index (χ1) is 19.4. The van der Waals surface area contributed by atoms with Gasteiger partial charge in [0, 0.05) is 10.6 Å². The van der Waals surface area contributed by atoms with Crippen molar-refractivity contribution in [3.8, 4) is 11.5 Å². The molecule has 1 aliphatic rings. The van der Waals surface area contributed by atoms with E-state index in [9.17, 15) is 9.59 Å². The Kier molecular flexibility index (Phi) is 8.12. The van der Waals surface area contributed by atoms with Crippen LogP contribution in [-0.2, 0) is 9.53 Å². The van der Waals surface area contributed by atoms with E-state index in [0.29, 0.717) is 47.7 Å². The number of carbonyl (C=O) groups is 1. The summed E-state index contributed by atoms with van der Waals surface area (Å²) in [5.74, 6) is 0.284. The van der Waals surface area contributed by atoms with Gasteiger partial charge in [-0.25, -0.2) is 9.79 Å². The summed E-state index contributed by atoms with van der Waals surface area (Å²) in [5, 5.41) is 0.877. The molecule has 0 spiro atoms. The van der Waals surface area contributed by atoms with Gasteiger partial charge in [0.2, 0.25) is 0 Å². The van der Waals surface area contributed by atoms with Crippen molar-refractivity contribution in [2.75, 3.05) is 20.8 Å². The highest BCUT2D eigenvalue weighted by molar-refractivity contribution is 7.07. The molecule has 3 aromatic carbocycles. The average molecular weight is 596 g/mol. The van der Waals surface area contributed by atoms with Crippen molar-refractivity contribution in [3.63, 3.8) is 0 Å². The first-order valence-electron chi connectivity index (χ1n) is 12.3. The maximum absolute atomic E-state index is 14.0. The van der Waals surface area contributed by atoms with Gasteiger partial charge in [-0.1, -0.05) is 77.0 Å². The number of thiazole rings is 1. The van der Waals surface area contributed by atoms with E-state index in [1.54, 1.807) is 49.4 Å². The molecule has 0 radical (unpaired) electrons. The fourth-order valence-corrected chi connectivity index (χ4v) is 6.00. The van der Waals surface area contributed by atoms with Crippen molar-refractivity contribution in [1.29, 1.82) is 0 Å². The highest BCUT2D eigenvalue weighted by atomic mass is 35.5. The van der Waals surface area contributed by atoms with Crippen molar-refractivity contribution in [3.05, 3.63) is 119 Å². The standard InChI is InChI=1S/C30H24Cl2N2O5S/c1-4-39-29(36)24-25(18-8-6-5-7-9-18)33-30-34(26(24)19-10-12-20(31)13-11-19)28(35)23(40-30)16-17-14-21(32)27(38-3)22(15-17)37-2/h5-16,26H,4H2,1-3H3/b23-16-/t26-/m0/s1. The van der Waals surface area contributed by atoms with E-state index in [1.807, 2.05) is 30.3 Å². The highest BCUT2D eigenvalue weighted by Crippen LogP contribution is 2.37. The number of nitrogens with zero attached hydrogens (tertiary/aromatic N) is 2. The molecule has 1 aromatic heterocycles. The van der Waals surface area contributed by atoms with Gasteiger partial charge in [0.1, 0.15) is 0 Å². The van der Waals surface area contributed by atoms with E-state index in [4.69, 9.17) is 42.4 Å². The summed E-state index contributed by atoms with van der Waals surface area (Å²) in [6.07, 6.45) is 1.72. The second kappa shape index (κ2) is 11.7. The fourth-order valence-electron chi connectivity index (χ4n) is 4.57. The lowest BCUT2D eigenvalue weighted by molar-refractivity contribution is -0.138. The second-order valence-corrected chi connectivity index (χ2v) is 10.6. The van der Waals surface area contributed by atoms with Crippen LogP contribution in [0.3, 0.4) is 0 Å². The molecule has 2 heterocycles. The molecule has 0 bridgehead atoms. The summed E-state index contributed by atoms with van der Waals surface area (Å²) in [7, 11) is 3.02. The minimum atomic E-state index is -0.793. The molecule has 0 saturated carbocycles. The molecule has 0 saturated heterocycles. The van der Waals surface area contributed by atoms with E-state index in [0.717, 1.165) is 5.56 Å². The Hall–Kier alpha value is -3.85. The Morgan fingerprint density at radius 3 is 2.42 bits per heavy atom. The monoisotopic (exact) mass is 594 g/mol. The number of ether oxygens (including phenoxy) is 3. The fraction of sp³-hybridized carbons (Fsp3) is 0.167. The van der Waals surface area contributed by atoms with Crippen LogP contribution in [0.5, 0.6) is 11.5 Å². The molecule has 0 aliphatic carbocycles. The summed E-state index contributed by atoms with van der Waals surface area (Å²) in [4.78, 5) is 32.8. The zero-order valence-electron chi connectivity index (χ0n) is 21.8. The number of methoxy groups -OCH3 is 2. The first kappa shape index (κ1) is 27.7. The van der Waals surface area contributed by atoms with Gasteiger partial charge in [0.05, 0.1) is 47.7 Å².